The van der Waals surface area contributed by atoms with Crippen LogP contribution in [0, 0.1) is 0 Å². The van der Waals surface area contributed by atoms with Crippen molar-refractivity contribution >= 4 is 15.7 Å². The first kappa shape index (κ1) is 17.5. The maximum Gasteiger partial charge on any atom is 0.243 e. The first-order valence-corrected chi connectivity index (χ1v) is 10.5. The Balaban J connectivity index is 1.67. The fraction of sp³-hybridized carbons (Fsp3) is 0.400. The molecule has 2 aliphatic rings. The molecule has 4 rings (SSSR count). The summed E-state index contributed by atoms with van der Waals surface area (Å²) < 4.78 is 33.2. The fourth-order valence-corrected chi connectivity index (χ4v) is 5.49. The van der Waals surface area contributed by atoms with Crippen molar-refractivity contribution in [3.05, 3.63) is 59.7 Å². The van der Waals surface area contributed by atoms with E-state index < -0.39 is 10.0 Å². The summed E-state index contributed by atoms with van der Waals surface area (Å²) in [7, 11) is -3.50. The molecule has 2 heterocycles. The Morgan fingerprint density at radius 1 is 1.04 bits per heavy atom. The molecule has 2 aromatic carbocycles. The molecule has 0 N–H and O–H groups in total. The fourth-order valence-electron chi connectivity index (χ4n) is 3.87. The molecule has 0 spiro atoms. The van der Waals surface area contributed by atoms with E-state index in [4.69, 9.17) is 4.74 Å². The second kappa shape index (κ2) is 7.02. The number of fused-ring (bicyclic) bond motifs is 1. The van der Waals surface area contributed by atoms with E-state index in [2.05, 4.69) is 30.0 Å². The number of hydrogen-bond donors (Lipinski definition) is 0. The number of hydrogen-bond acceptors (Lipinski definition) is 4. The van der Waals surface area contributed by atoms with E-state index in [0.717, 1.165) is 12.0 Å². The highest BCUT2D eigenvalue weighted by molar-refractivity contribution is 7.89. The molecule has 1 atom stereocenters. The van der Waals surface area contributed by atoms with E-state index in [1.54, 1.807) is 12.1 Å². The number of para-hydroxylation sites is 1. The van der Waals surface area contributed by atoms with Gasteiger partial charge in [0.25, 0.3) is 0 Å². The number of nitrogens with zero attached hydrogens (tertiary/aromatic N) is 2. The zero-order valence-corrected chi connectivity index (χ0v) is 15.8. The Hall–Kier alpha value is -1.89. The van der Waals surface area contributed by atoms with Gasteiger partial charge in [0.2, 0.25) is 10.0 Å². The van der Waals surface area contributed by atoms with Gasteiger partial charge in [0, 0.05) is 31.4 Å². The third kappa shape index (κ3) is 3.13. The van der Waals surface area contributed by atoms with Gasteiger partial charge in [-0.05, 0) is 36.6 Å². The average Bonchev–Trinajstić information content (AvgIpc) is 2.98. The molecule has 138 valence electrons. The molecule has 0 aliphatic carbocycles. The lowest BCUT2D eigenvalue weighted by Gasteiger charge is -2.29. The molecule has 0 aromatic heterocycles. The molecule has 2 aliphatic heterocycles. The van der Waals surface area contributed by atoms with Gasteiger partial charge in [-0.1, -0.05) is 36.4 Å². The summed E-state index contributed by atoms with van der Waals surface area (Å²) in [4.78, 5) is 2.72. The molecule has 2 aromatic rings. The number of ether oxygens (including phenoxy) is 1. The van der Waals surface area contributed by atoms with Crippen LogP contribution in [-0.2, 0) is 27.7 Å². The number of anilines is 1. The summed E-state index contributed by atoms with van der Waals surface area (Å²) in [5.41, 5.74) is 3.38. The maximum atomic E-state index is 13.2. The molecule has 1 fully saturated rings. The van der Waals surface area contributed by atoms with Gasteiger partial charge in [0.1, 0.15) is 0 Å². The highest BCUT2D eigenvalue weighted by Crippen LogP contribution is 2.34. The molecule has 0 unspecified atom stereocenters. The Kier molecular flexibility index (Phi) is 4.73. The first-order chi connectivity index (χ1) is 12.6. The molecule has 0 radical (unpaired) electrons. The molecule has 6 heteroatoms. The lowest BCUT2D eigenvalue weighted by molar-refractivity contribution is 0.0730. The molecule has 26 heavy (non-hydrogen) atoms. The van der Waals surface area contributed by atoms with Gasteiger partial charge < -0.3 is 9.64 Å². The topological polar surface area (TPSA) is 49.9 Å². The van der Waals surface area contributed by atoms with Crippen LogP contribution in [0.5, 0.6) is 0 Å². The van der Waals surface area contributed by atoms with Crippen molar-refractivity contribution in [1.82, 2.24) is 4.31 Å². The number of rotatable bonds is 4. The van der Waals surface area contributed by atoms with E-state index in [1.807, 2.05) is 18.2 Å². The van der Waals surface area contributed by atoms with Crippen molar-refractivity contribution in [2.45, 2.75) is 30.8 Å². The van der Waals surface area contributed by atoms with Gasteiger partial charge >= 0.3 is 0 Å². The Labute approximate surface area is 155 Å². The zero-order chi connectivity index (χ0) is 18.1. The van der Waals surface area contributed by atoms with Crippen LogP contribution < -0.4 is 4.90 Å². The van der Waals surface area contributed by atoms with E-state index in [0.29, 0.717) is 43.8 Å². The van der Waals surface area contributed by atoms with E-state index >= 15 is 0 Å². The highest BCUT2D eigenvalue weighted by Gasteiger charge is 2.31. The van der Waals surface area contributed by atoms with Crippen LogP contribution in [0.3, 0.4) is 0 Å². The van der Waals surface area contributed by atoms with E-state index in [-0.39, 0.29) is 0 Å². The Morgan fingerprint density at radius 3 is 2.54 bits per heavy atom. The zero-order valence-electron chi connectivity index (χ0n) is 15.0. The minimum atomic E-state index is -3.50. The van der Waals surface area contributed by atoms with Gasteiger partial charge in [0.05, 0.1) is 18.1 Å². The lowest BCUT2D eigenvalue weighted by atomic mass is 10.1. The Bertz CT molecular complexity index is 891. The van der Waals surface area contributed by atoms with Crippen molar-refractivity contribution in [1.29, 1.82) is 0 Å². The smallest absolute Gasteiger partial charge is 0.243 e. The van der Waals surface area contributed by atoms with Crippen LogP contribution in [0.25, 0.3) is 0 Å². The van der Waals surface area contributed by atoms with Crippen molar-refractivity contribution in [3.63, 3.8) is 0 Å². The minimum Gasteiger partial charge on any atom is -0.379 e. The van der Waals surface area contributed by atoms with Crippen molar-refractivity contribution < 1.29 is 13.2 Å². The minimum absolute atomic E-state index is 0.353. The third-order valence-electron chi connectivity index (χ3n) is 5.25. The third-order valence-corrected chi connectivity index (χ3v) is 7.25. The van der Waals surface area contributed by atoms with Gasteiger partial charge in [-0.25, -0.2) is 8.42 Å². The van der Waals surface area contributed by atoms with E-state index in [1.165, 1.54) is 15.6 Å². The second-order valence-corrected chi connectivity index (χ2v) is 8.84. The van der Waals surface area contributed by atoms with E-state index in [9.17, 15) is 8.42 Å². The van der Waals surface area contributed by atoms with Crippen LogP contribution in [0.2, 0.25) is 0 Å². The molecule has 0 bridgehead atoms. The number of morpholine rings is 1. The molecule has 1 saturated heterocycles. The standard InChI is InChI=1S/C20H24N2O3S/c1-16-14-17-6-2-4-8-19(17)22(16)15-18-7-3-5-9-20(18)26(23,24)21-10-12-25-13-11-21/h2-9,16H,10-15H2,1H3/t16-/m0/s1. The van der Waals surface area contributed by atoms with Crippen molar-refractivity contribution in [3.8, 4) is 0 Å². The summed E-state index contributed by atoms with van der Waals surface area (Å²) >= 11 is 0. The summed E-state index contributed by atoms with van der Waals surface area (Å²) in [6.07, 6.45) is 0.995. The van der Waals surface area contributed by atoms with Crippen LogP contribution in [0.4, 0.5) is 5.69 Å². The maximum absolute atomic E-state index is 13.2. The number of sulfonamides is 1. The quantitative estimate of drug-likeness (QED) is 0.828. The lowest BCUT2D eigenvalue weighted by Crippen LogP contribution is -2.41. The van der Waals surface area contributed by atoms with Crippen LogP contribution >= 0.6 is 0 Å². The van der Waals surface area contributed by atoms with Gasteiger partial charge in [-0.3, -0.25) is 0 Å². The van der Waals surface area contributed by atoms with Crippen LogP contribution in [-0.4, -0.2) is 45.1 Å². The SMILES string of the molecule is C[C@H]1Cc2ccccc2N1Cc1ccccc1S(=O)(=O)N1CCOCC1. The average molecular weight is 372 g/mol. The summed E-state index contributed by atoms with van der Waals surface area (Å²) in [6.45, 7) is 4.53. The normalized spacial score (nSPS) is 21.0. The molecule has 0 amide bonds. The predicted octanol–water partition coefficient (Wildman–Crippen LogP) is 2.66. The molecule has 0 saturated carbocycles. The predicted molar refractivity (Wildman–Crippen MR) is 102 cm³/mol. The molecule has 5 nitrogen and oxygen atoms in total. The monoisotopic (exact) mass is 372 g/mol. The van der Waals surface area contributed by atoms with Gasteiger partial charge in [0.15, 0.2) is 0 Å². The van der Waals surface area contributed by atoms with Gasteiger partial charge in [-0.15, -0.1) is 0 Å². The first-order valence-electron chi connectivity index (χ1n) is 9.08. The van der Waals surface area contributed by atoms with Crippen LogP contribution in [0.15, 0.2) is 53.4 Å². The second-order valence-electron chi connectivity index (χ2n) is 6.93. The van der Waals surface area contributed by atoms with Crippen molar-refractivity contribution in [2.75, 3.05) is 31.2 Å². The summed E-state index contributed by atoms with van der Waals surface area (Å²) in [5, 5.41) is 0. The Morgan fingerprint density at radius 2 is 1.73 bits per heavy atom. The molecular weight excluding hydrogens is 348 g/mol. The summed E-state index contributed by atoms with van der Waals surface area (Å²) in [5.74, 6) is 0. The highest BCUT2D eigenvalue weighted by atomic mass is 32.2. The molecular formula is C20H24N2O3S. The summed E-state index contributed by atoms with van der Waals surface area (Å²) in [6, 6.07) is 16.1. The van der Waals surface area contributed by atoms with Gasteiger partial charge in [-0.2, -0.15) is 4.31 Å². The van der Waals surface area contributed by atoms with Crippen molar-refractivity contribution in [2.24, 2.45) is 0 Å². The largest absolute Gasteiger partial charge is 0.379 e. The van der Waals surface area contributed by atoms with Crippen LogP contribution in [0.1, 0.15) is 18.1 Å². The number of benzene rings is 2.